The summed E-state index contributed by atoms with van der Waals surface area (Å²) in [6, 6.07) is 8.81. The van der Waals surface area contributed by atoms with Gasteiger partial charge in [0.2, 0.25) is 0 Å². The molecular weight excluding hydrogens is 390 g/mol. The van der Waals surface area contributed by atoms with Crippen LogP contribution >= 0.6 is 0 Å². The lowest BCUT2D eigenvalue weighted by molar-refractivity contribution is -0.140. The highest BCUT2D eigenvalue weighted by atomic mass is 16.3. The first kappa shape index (κ1) is 22.7. The van der Waals surface area contributed by atoms with Gasteiger partial charge in [0.15, 0.2) is 0 Å². The van der Waals surface area contributed by atoms with Crippen molar-refractivity contribution in [1.82, 2.24) is 14.8 Å². The molecule has 1 amide bonds. The van der Waals surface area contributed by atoms with Gasteiger partial charge in [-0.25, -0.2) is 0 Å². The maximum Gasteiger partial charge on any atom is 0.295 e. The number of pyridine rings is 1. The van der Waals surface area contributed by atoms with Crippen LogP contribution in [0.5, 0.6) is 0 Å². The second kappa shape index (κ2) is 8.63. The topological polar surface area (TPSA) is 73.7 Å². The van der Waals surface area contributed by atoms with Crippen LogP contribution < -0.4 is 0 Å². The van der Waals surface area contributed by atoms with E-state index in [2.05, 4.69) is 25.8 Å². The Morgan fingerprint density at radius 2 is 1.90 bits per heavy atom. The van der Waals surface area contributed by atoms with Gasteiger partial charge < -0.3 is 14.9 Å². The van der Waals surface area contributed by atoms with Crippen LogP contribution in [0.3, 0.4) is 0 Å². The number of benzene rings is 1. The van der Waals surface area contributed by atoms with Crippen molar-refractivity contribution in [3.05, 3.63) is 70.6 Å². The number of ketones is 1. The molecule has 0 saturated carbocycles. The molecule has 1 fully saturated rings. The van der Waals surface area contributed by atoms with Crippen molar-refractivity contribution in [3.63, 3.8) is 0 Å². The number of Topliss-reactive ketones (excluding diaryl/α,β-unsaturated/α-hetero) is 1. The van der Waals surface area contributed by atoms with Crippen LogP contribution in [0.2, 0.25) is 0 Å². The van der Waals surface area contributed by atoms with Gasteiger partial charge in [0, 0.05) is 31.0 Å². The zero-order chi connectivity index (χ0) is 22.9. The molecular formula is C25H31N3O3. The fourth-order valence-electron chi connectivity index (χ4n) is 3.79. The number of nitrogens with zero attached hydrogens (tertiary/aromatic N) is 3. The fraction of sp³-hybridized carbons (Fsp3) is 0.400. The summed E-state index contributed by atoms with van der Waals surface area (Å²) in [6.07, 6.45) is 3.29. The second-order valence-electron chi connectivity index (χ2n) is 9.36. The Kier molecular flexibility index (Phi) is 6.32. The molecule has 6 heteroatoms. The minimum atomic E-state index is -0.675. The van der Waals surface area contributed by atoms with Crippen molar-refractivity contribution in [2.45, 2.75) is 39.2 Å². The van der Waals surface area contributed by atoms with Gasteiger partial charge in [0.1, 0.15) is 5.76 Å². The molecule has 0 aliphatic carbocycles. The van der Waals surface area contributed by atoms with Crippen molar-refractivity contribution >= 4 is 17.4 Å². The summed E-state index contributed by atoms with van der Waals surface area (Å²) in [6.45, 7) is 9.14. The summed E-state index contributed by atoms with van der Waals surface area (Å²) in [5.41, 5.74) is 3.16. The Bertz CT molecular complexity index is 1020. The van der Waals surface area contributed by atoms with E-state index in [9.17, 15) is 14.7 Å². The number of aliphatic hydroxyl groups is 1. The zero-order valence-corrected chi connectivity index (χ0v) is 19.1. The first-order valence-corrected chi connectivity index (χ1v) is 10.5. The number of rotatable bonds is 5. The first-order valence-electron chi connectivity index (χ1n) is 10.5. The minimum Gasteiger partial charge on any atom is -0.507 e. The van der Waals surface area contributed by atoms with E-state index in [1.165, 1.54) is 4.90 Å². The molecule has 1 atom stereocenters. The number of carbonyl (C=O) groups excluding carboxylic acids is 2. The summed E-state index contributed by atoms with van der Waals surface area (Å²) in [4.78, 5) is 33.7. The number of amides is 1. The molecule has 1 unspecified atom stereocenters. The number of hydrogen-bond donors (Lipinski definition) is 1. The van der Waals surface area contributed by atoms with E-state index in [-0.39, 0.29) is 16.7 Å². The lowest BCUT2D eigenvalue weighted by atomic mass is 9.84. The van der Waals surface area contributed by atoms with Gasteiger partial charge in [-0.15, -0.1) is 0 Å². The standard InChI is InChI=1S/C25H31N3O3/c1-16-9-10-18(25(2,3)4)14-19(16)22(29)20-21(17-8-7-11-26-15-17)28(13-12-27(5)6)24(31)23(20)30/h7-11,14-15,21,29H,12-13H2,1-6H3/b22-20+. The van der Waals surface area contributed by atoms with Gasteiger partial charge in [-0.1, -0.05) is 39.0 Å². The van der Waals surface area contributed by atoms with Gasteiger partial charge in [-0.2, -0.15) is 0 Å². The number of aromatic nitrogens is 1. The third kappa shape index (κ3) is 4.54. The lowest BCUT2D eigenvalue weighted by Gasteiger charge is -2.26. The predicted molar refractivity (Wildman–Crippen MR) is 122 cm³/mol. The maximum absolute atomic E-state index is 13.1. The number of aryl methyl sites for hydroxylation is 1. The van der Waals surface area contributed by atoms with Crippen molar-refractivity contribution in [3.8, 4) is 0 Å². The highest BCUT2D eigenvalue weighted by molar-refractivity contribution is 6.46. The Hall–Kier alpha value is -2.99. The van der Waals surface area contributed by atoms with E-state index in [1.807, 2.05) is 50.2 Å². The van der Waals surface area contributed by atoms with E-state index >= 15 is 0 Å². The van der Waals surface area contributed by atoms with Crippen LogP contribution in [-0.4, -0.2) is 58.8 Å². The van der Waals surface area contributed by atoms with Crippen LogP contribution in [0.1, 0.15) is 49.1 Å². The Balaban J connectivity index is 2.20. The molecule has 1 aliphatic rings. The van der Waals surface area contributed by atoms with E-state index in [0.29, 0.717) is 24.2 Å². The maximum atomic E-state index is 13.1. The monoisotopic (exact) mass is 421 g/mol. The van der Waals surface area contributed by atoms with Crippen LogP contribution in [0.15, 0.2) is 48.3 Å². The SMILES string of the molecule is Cc1ccc(C(C)(C)C)cc1/C(O)=C1\C(=O)C(=O)N(CCN(C)C)C1c1cccnc1. The van der Waals surface area contributed by atoms with Crippen LogP contribution in [0.4, 0.5) is 0 Å². The Morgan fingerprint density at radius 1 is 1.19 bits per heavy atom. The molecule has 1 N–H and O–H groups in total. The molecule has 164 valence electrons. The Morgan fingerprint density at radius 3 is 2.48 bits per heavy atom. The first-order chi connectivity index (χ1) is 14.5. The average molecular weight is 422 g/mol. The lowest BCUT2D eigenvalue weighted by Crippen LogP contribution is -2.35. The van der Waals surface area contributed by atoms with E-state index < -0.39 is 17.7 Å². The third-order valence-corrected chi connectivity index (χ3v) is 5.69. The van der Waals surface area contributed by atoms with Crippen molar-refractivity contribution < 1.29 is 14.7 Å². The largest absolute Gasteiger partial charge is 0.507 e. The number of carbonyl (C=O) groups is 2. The molecule has 3 rings (SSSR count). The highest BCUT2D eigenvalue weighted by Gasteiger charge is 2.46. The zero-order valence-electron chi connectivity index (χ0n) is 19.1. The number of likely N-dealkylation sites (N-methyl/N-ethyl adjacent to an activating group) is 1. The normalized spacial score (nSPS) is 18.8. The minimum absolute atomic E-state index is 0.117. The van der Waals surface area contributed by atoms with E-state index in [1.54, 1.807) is 18.5 Å². The van der Waals surface area contributed by atoms with Gasteiger partial charge in [0.25, 0.3) is 11.7 Å². The van der Waals surface area contributed by atoms with Crippen LogP contribution in [0.25, 0.3) is 5.76 Å². The van der Waals surface area contributed by atoms with Gasteiger partial charge in [0.05, 0.1) is 11.6 Å². The molecule has 1 aromatic heterocycles. The van der Waals surface area contributed by atoms with Crippen LogP contribution in [-0.2, 0) is 15.0 Å². The number of likely N-dealkylation sites (tertiary alicyclic amines) is 1. The van der Waals surface area contributed by atoms with Gasteiger partial charge in [-0.3, -0.25) is 14.6 Å². The van der Waals surface area contributed by atoms with E-state index in [0.717, 1.165) is 11.1 Å². The Labute approximate surface area is 184 Å². The highest BCUT2D eigenvalue weighted by Crippen LogP contribution is 2.40. The quantitative estimate of drug-likeness (QED) is 0.453. The van der Waals surface area contributed by atoms with Crippen molar-refractivity contribution in [1.29, 1.82) is 0 Å². The molecule has 31 heavy (non-hydrogen) atoms. The van der Waals surface area contributed by atoms with Gasteiger partial charge >= 0.3 is 0 Å². The van der Waals surface area contributed by atoms with Crippen LogP contribution in [0, 0.1) is 6.92 Å². The third-order valence-electron chi connectivity index (χ3n) is 5.69. The van der Waals surface area contributed by atoms with Crippen molar-refractivity contribution in [2.24, 2.45) is 0 Å². The van der Waals surface area contributed by atoms with E-state index in [4.69, 9.17) is 0 Å². The molecule has 1 aromatic carbocycles. The summed E-state index contributed by atoms with van der Waals surface area (Å²) in [7, 11) is 3.83. The summed E-state index contributed by atoms with van der Waals surface area (Å²) >= 11 is 0. The van der Waals surface area contributed by atoms with Gasteiger partial charge in [-0.05, 0) is 55.3 Å². The summed E-state index contributed by atoms with van der Waals surface area (Å²) in [5, 5.41) is 11.4. The molecule has 0 radical (unpaired) electrons. The molecule has 6 nitrogen and oxygen atoms in total. The molecule has 2 aromatic rings. The predicted octanol–water partition coefficient (Wildman–Crippen LogP) is 3.67. The summed E-state index contributed by atoms with van der Waals surface area (Å²) < 4.78 is 0. The smallest absolute Gasteiger partial charge is 0.295 e. The number of aliphatic hydroxyl groups excluding tert-OH is 1. The summed E-state index contributed by atoms with van der Waals surface area (Å²) in [5.74, 6) is -1.39. The van der Waals surface area contributed by atoms with Crippen molar-refractivity contribution in [2.75, 3.05) is 27.2 Å². The molecule has 2 heterocycles. The molecule has 0 bridgehead atoms. The second-order valence-corrected chi connectivity index (χ2v) is 9.36. The fourth-order valence-corrected chi connectivity index (χ4v) is 3.79. The molecule has 1 saturated heterocycles. The number of hydrogen-bond acceptors (Lipinski definition) is 5. The molecule has 0 spiro atoms. The molecule has 1 aliphatic heterocycles. The average Bonchev–Trinajstić information content (AvgIpc) is 2.96.